The summed E-state index contributed by atoms with van der Waals surface area (Å²) in [5, 5.41) is 0.280. The van der Waals surface area contributed by atoms with Crippen molar-refractivity contribution < 1.29 is 13.5 Å². The van der Waals surface area contributed by atoms with Gasteiger partial charge in [0.1, 0.15) is 5.82 Å². The Morgan fingerprint density at radius 2 is 2.14 bits per heavy atom. The van der Waals surface area contributed by atoms with Crippen molar-refractivity contribution in [3.05, 3.63) is 47.2 Å². The SMILES string of the molecule is Fc1ccc(OCC2CCN(c3ncc(Cl)cc3F)C2)nc1. The summed E-state index contributed by atoms with van der Waals surface area (Å²) in [6.07, 6.45) is 3.42. The number of halogens is 3. The molecular formula is C15H14ClF2N3O. The third-order valence-corrected chi connectivity index (χ3v) is 3.75. The molecule has 2 aromatic rings. The molecule has 0 aromatic carbocycles. The Labute approximate surface area is 131 Å². The van der Waals surface area contributed by atoms with Crippen LogP contribution >= 0.6 is 11.6 Å². The first-order valence-electron chi connectivity index (χ1n) is 6.92. The molecule has 0 radical (unpaired) electrons. The quantitative estimate of drug-likeness (QED) is 0.864. The van der Waals surface area contributed by atoms with Gasteiger partial charge in [-0.1, -0.05) is 11.6 Å². The van der Waals surface area contributed by atoms with Crippen LogP contribution in [0.5, 0.6) is 5.88 Å². The fourth-order valence-electron chi connectivity index (χ4n) is 2.45. The van der Waals surface area contributed by atoms with Gasteiger partial charge in [0, 0.05) is 31.3 Å². The lowest BCUT2D eigenvalue weighted by Gasteiger charge is -2.18. The van der Waals surface area contributed by atoms with Gasteiger partial charge in [-0.2, -0.15) is 0 Å². The summed E-state index contributed by atoms with van der Waals surface area (Å²) in [5.41, 5.74) is 0. The lowest BCUT2D eigenvalue weighted by Crippen LogP contribution is -2.23. The highest BCUT2D eigenvalue weighted by atomic mass is 35.5. The summed E-state index contributed by atoms with van der Waals surface area (Å²) >= 11 is 5.71. The second-order valence-electron chi connectivity index (χ2n) is 5.19. The third kappa shape index (κ3) is 3.44. The molecule has 116 valence electrons. The van der Waals surface area contributed by atoms with Crippen molar-refractivity contribution in [2.75, 3.05) is 24.6 Å². The minimum Gasteiger partial charge on any atom is -0.477 e. The summed E-state index contributed by atoms with van der Waals surface area (Å²) in [7, 11) is 0. The average Bonchev–Trinajstić information content (AvgIpc) is 2.95. The third-order valence-electron chi connectivity index (χ3n) is 3.54. The van der Waals surface area contributed by atoms with E-state index < -0.39 is 11.6 Å². The lowest BCUT2D eigenvalue weighted by atomic mass is 10.1. The molecule has 22 heavy (non-hydrogen) atoms. The van der Waals surface area contributed by atoms with Gasteiger partial charge < -0.3 is 9.64 Å². The molecule has 0 bridgehead atoms. The van der Waals surface area contributed by atoms with E-state index in [2.05, 4.69) is 9.97 Å². The Morgan fingerprint density at radius 1 is 1.27 bits per heavy atom. The van der Waals surface area contributed by atoms with Gasteiger partial charge in [0.05, 0.1) is 17.8 Å². The second kappa shape index (κ2) is 6.44. The highest BCUT2D eigenvalue weighted by molar-refractivity contribution is 6.30. The molecule has 3 rings (SSSR count). The molecule has 1 aliphatic heterocycles. The predicted octanol–water partition coefficient (Wildman–Crippen LogP) is 3.31. The van der Waals surface area contributed by atoms with Gasteiger partial charge in [-0.05, 0) is 18.6 Å². The van der Waals surface area contributed by atoms with Crippen molar-refractivity contribution in [3.63, 3.8) is 0 Å². The molecule has 1 aliphatic rings. The minimum atomic E-state index is -0.422. The van der Waals surface area contributed by atoms with Gasteiger partial charge in [0.2, 0.25) is 5.88 Å². The van der Waals surface area contributed by atoms with E-state index in [4.69, 9.17) is 16.3 Å². The van der Waals surface area contributed by atoms with E-state index in [9.17, 15) is 8.78 Å². The van der Waals surface area contributed by atoms with Crippen LogP contribution in [0.1, 0.15) is 6.42 Å². The summed E-state index contributed by atoms with van der Waals surface area (Å²) in [6, 6.07) is 4.05. The fraction of sp³-hybridized carbons (Fsp3) is 0.333. The topological polar surface area (TPSA) is 38.2 Å². The van der Waals surface area contributed by atoms with E-state index in [1.165, 1.54) is 24.4 Å². The van der Waals surface area contributed by atoms with Crippen LogP contribution in [0.3, 0.4) is 0 Å². The van der Waals surface area contributed by atoms with Crippen molar-refractivity contribution >= 4 is 17.4 Å². The summed E-state index contributed by atoms with van der Waals surface area (Å²) in [6.45, 7) is 1.80. The predicted molar refractivity (Wildman–Crippen MR) is 79.2 cm³/mol. The number of pyridine rings is 2. The van der Waals surface area contributed by atoms with Gasteiger partial charge in [-0.25, -0.2) is 18.7 Å². The van der Waals surface area contributed by atoms with Crippen molar-refractivity contribution in [2.24, 2.45) is 5.92 Å². The number of rotatable bonds is 4. The van der Waals surface area contributed by atoms with Gasteiger partial charge >= 0.3 is 0 Å². The molecule has 0 amide bonds. The molecule has 4 nitrogen and oxygen atoms in total. The first-order valence-corrected chi connectivity index (χ1v) is 7.30. The number of nitrogens with zero attached hydrogens (tertiary/aromatic N) is 3. The van der Waals surface area contributed by atoms with Crippen LogP contribution in [0.4, 0.5) is 14.6 Å². The van der Waals surface area contributed by atoms with Gasteiger partial charge in [0.15, 0.2) is 11.6 Å². The normalized spacial score (nSPS) is 17.8. The van der Waals surface area contributed by atoms with Crippen molar-refractivity contribution in [2.45, 2.75) is 6.42 Å². The summed E-state index contributed by atoms with van der Waals surface area (Å²) in [5.74, 6) is 0.115. The van der Waals surface area contributed by atoms with Crippen LogP contribution in [0.2, 0.25) is 5.02 Å². The Bertz CT molecular complexity index is 654. The Kier molecular flexibility index (Phi) is 4.38. The van der Waals surface area contributed by atoms with Crippen LogP contribution in [0.25, 0.3) is 0 Å². The smallest absolute Gasteiger partial charge is 0.213 e. The van der Waals surface area contributed by atoms with Crippen LogP contribution in [-0.2, 0) is 0 Å². The largest absolute Gasteiger partial charge is 0.477 e. The summed E-state index contributed by atoms with van der Waals surface area (Å²) in [4.78, 5) is 9.76. The number of ether oxygens (including phenoxy) is 1. The maximum atomic E-state index is 13.9. The average molecular weight is 326 g/mol. The molecule has 0 aliphatic carbocycles. The zero-order valence-corrected chi connectivity index (χ0v) is 12.4. The van der Waals surface area contributed by atoms with Crippen molar-refractivity contribution in [3.8, 4) is 5.88 Å². The number of hydrogen-bond donors (Lipinski definition) is 0. The summed E-state index contributed by atoms with van der Waals surface area (Å²) < 4.78 is 32.1. The molecule has 3 heterocycles. The zero-order chi connectivity index (χ0) is 15.5. The van der Waals surface area contributed by atoms with E-state index in [1.807, 2.05) is 4.90 Å². The van der Waals surface area contributed by atoms with E-state index in [-0.39, 0.29) is 10.9 Å². The van der Waals surface area contributed by atoms with Crippen LogP contribution in [0.15, 0.2) is 30.6 Å². The Morgan fingerprint density at radius 3 is 2.86 bits per heavy atom. The lowest BCUT2D eigenvalue weighted by molar-refractivity contribution is 0.251. The molecule has 1 fully saturated rings. The standard InChI is InChI=1S/C15H14ClF2N3O/c16-11-5-13(18)15(20-6-11)21-4-3-10(8-21)9-22-14-2-1-12(17)7-19-14/h1-2,5-7,10H,3-4,8-9H2. The monoisotopic (exact) mass is 325 g/mol. The first kappa shape index (κ1) is 15.0. The van der Waals surface area contributed by atoms with Crippen LogP contribution < -0.4 is 9.64 Å². The van der Waals surface area contributed by atoms with E-state index in [0.29, 0.717) is 31.4 Å². The maximum Gasteiger partial charge on any atom is 0.213 e. The molecule has 1 unspecified atom stereocenters. The van der Waals surface area contributed by atoms with Crippen molar-refractivity contribution in [1.82, 2.24) is 9.97 Å². The Hall–Kier alpha value is -1.95. The molecule has 1 saturated heterocycles. The van der Waals surface area contributed by atoms with Gasteiger partial charge in [-0.3, -0.25) is 0 Å². The van der Waals surface area contributed by atoms with E-state index in [0.717, 1.165) is 12.6 Å². The molecule has 0 N–H and O–H groups in total. The maximum absolute atomic E-state index is 13.9. The zero-order valence-electron chi connectivity index (χ0n) is 11.7. The number of hydrogen-bond acceptors (Lipinski definition) is 4. The highest BCUT2D eigenvalue weighted by Gasteiger charge is 2.26. The molecule has 7 heteroatoms. The number of aromatic nitrogens is 2. The minimum absolute atomic E-state index is 0.240. The second-order valence-corrected chi connectivity index (χ2v) is 5.62. The Balaban J connectivity index is 1.57. The van der Waals surface area contributed by atoms with Crippen molar-refractivity contribution in [1.29, 1.82) is 0 Å². The number of anilines is 1. The molecule has 0 spiro atoms. The highest BCUT2D eigenvalue weighted by Crippen LogP contribution is 2.26. The van der Waals surface area contributed by atoms with Gasteiger partial charge in [0.25, 0.3) is 0 Å². The van der Waals surface area contributed by atoms with E-state index >= 15 is 0 Å². The molecule has 2 aromatic heterocycles. The molecule has 0 saturated carbocycles. The first-order chi connectivity index (χ1) is 10.6. The van der Waals surface area contributed by atoms with Gasteiger partial charge in [-0.15, -0.1) is 0 Å². The van der Waals surface area contributed by atoms with Crippen LogP contribution in [-0.4, -0.2) is 29.7 Å². The van der Waals surface area contributed by atoms with Crippen LogP contribution in [0, 0.1) is 17.6 Å². The molecular weight excluding hydrogens is 312 g/mol. The fourth-order valence-corrected chi connectivity index (χ4v) is 2.60. The molecule has 1 atom stereocenters. The van der Waals surface area contributed by atoms with E-state index in [1.54, 1.807) is 0 Å².